The van der Waals surface area contributed by atoms with E-state index in [0.717, 1.165) is 12.1 Å². The van der Waals surface area contributed by atoms with Crippen molar-refractivity contribution in [1.82, 2.24) is 5.32 Å². The van der Waals surface area contributed by atoms with Crippen molar-refractivity contribution >= 4 is 36.1 Å². The van der Waals surface area contributed by atoms with Gasteiger partial charge in [-0.25, -0.2) is 0 Å². The summed E-state index contributed by atoms with van der Waals surface area (Å²) in [6.07, 6.45) is -4.73. The molecule has 0 fully saturated rings. The number of halogens is 4. The average molecular weight is 432 g/mol. The highest BCUT2D eigenvalue weighted by atomic mass is 35.5. The number of nitrogens with one attached hydrogen (secondary N) is 1. The molecular formula is C19H17ClF3NO3S. The fourth-order valence-corrected chi connectivity index (χ4v) is 2.97. The van der Waals surface area contributed by atoms with Gasteiger partial charge in [-0.05, 0) is 41.8 Å². The van der Waals surface area contributed by atoms with E-state index in [1.54, 1.807) is 18.2 Å². The fourth-order valence-electron chi connectivity index (χ4n) is 2.62. The molecule has 0 radical (unpaired) electrons. The van der Waals surface area contributed by atoms with E-state index in [2.05, 4.69) is 17.9 Å². The van der Waals surface area contributed by atoms with Gasteiger partial charge in [0.25, 0.3) is 0 Å². The number of rotatable bonds is 7. The number of carbonyl (C=O) groups is 2. The molecule has 0 aliphatic carbocycles. The lowest BCUT2D eigenvalue weighted by Crippen LogP contribution is -2.39. The summed E-state index contributed by atoms with van der Waals surface area (Å²) >= 11 is 10.1. The summed E-state index contributed by atoms with van der Waals surface area (Å²) in [5, 5.41) is 12.1. The van der Waals surface area contributed by atoms with Crippen LogP contribution < -0.4 is 5.32 Å². The van der Waals surface area contributed by atoms with Gasteiger partial charge in [0, 0.05) is 10.9 Å². The van der Waals surface area contributed by atoms with Gasteiger partial charge in [0.15, 0.2) is 0 Å². The number of carboxylic acids is 1. The Labute approximate surface area is 170 Å². The molecule has 0 aliphatic heterocycles. The molecule has 4 nitrogen and oxygen atoms in total. The van der Waals surface area contributed by atoms with Gasteiger partial charge in [-0.3, -0.25) is 9.59 Å². The van der Waals surface area contributed by atoms with Crippen LogP contribution >= 0.6 is 24.2 Å². The number of aliphatic carboxylic acids is 1. The topological polar surface area (TPSA) is 66.4 Å². The normalized spacial score (nSPS) is 12.5. The van der Waals surface area contributed by atoms with Gasteiger partial charge in [-0.15, -0.1) is 12.6 Å². The molecule has 9 heteroatoms. The van der Waals surface area contributed by atoms with Crippen LogP contribution in [0, 0.1) is 0 Å². The lowest BCUT2D eigenvalue weighted by Gasteiger charge is -2.18. The van der Waals surface area contributed by atoms with Crippen LogP contribution in [0.5, 0.6) is 0 Å². The van der Waals surface area contributed by atoms with Gasteiger partial charge in [-0.1, -0.05) is 29.8 Å². The van der Waals surface area contributed by atoms with E-state index < -0.39 is 29.7 Å². The van der Waals surface area contributed by atoms with Crippen molar-refractivity contribution in [1.29, 1.82) is 0 Å². The maximum absolute atomic E-state index is 12.6. The lowest BCUT2D eigenvalue weighted by atomic mass is 10.0. The first-order valence-electron chi connectivity index (χ1n) is 8.19. The van der Waals surface area contributed by atoms with E-state index in [-0.39, 0.29) is 19.3 Å². The minimum Gasteiger partial charge on any atom is -0.481 e. The van der Waals surface area contributed by atoms with E-state index in [0.29, 0.717) is 21.0 Å². The molecule has 1 amide bonds. The highest BCUT2D eigenvalue weighted by molar-refractivity contribution is 7.80. The van der Waals surface area contributed by atoms with Crippen LogP contribution in [0.1, 0.15) is 23.1 Å². The minimum absolute atomic E-state index is 0.0170. The summed E-state index contributed by atoms with van der Waals surface area (Å²) in [4.78, 5) is 23.9. The third-order valence-electron chi connectivity index (χ3n) is 3.93. The maximum Gasteiger partial charge on any atom is 0.416 e. The average Bonchev–Trinajstić information content (AvgIpc) is 2.57. The molecule has 2 aromatic rings. The highest BCUT2D eigenvalue weighted by Crippen LogP contribution is 2.29. The fraction of sp³-hybridized carbons (Fsp3) is 0.263. The smallest absolute Gasteiger partial charge is 0.416 e. The molecule has 0 aliphatic rings. The molecule has 0 saturated carbocycles. The monoisotopic (exact) mass is 431 g/mol. The third-order valence-corrected chi connectivity index (χ3v) is 4.76. The Kier molecular flexibility index (Phi) is 7.37. The van der Waals surface area contributed by atoms with Gasteiger partial charge in [0.1, 0.15) is 0 Å². The van der Waals surface area contributed by atoms with Crippen molar-refractivity contribution in [3.8, 4) is 0 Å². The summed E-state index contributed by atoms with van der Waals surface area (Å²) in [5.41, 5.74) is 0.325. The Morgan fingerprint density at radius 1 is 1.11 bits per heavy atom. The van der Waals surface area contributed by atoms with Gasteiger partial charge >= 0.3 is 12.1 Å². The highest BCUT2D eigenvalue weighted by Gasteiger charge is 2.30. The second-order valence-corrected chi connectivity index (χ2v) is 7.11. The standard InChI is InChI=1S/C19H17ClF3NO3S/c20-15-8-12(3-6-16(15)28)9-17(25)24-14(10-18(26)27)7-11-1-4-13(5-2-11)19(21,22)23/h1-6,8,14,28H,7,9-10H2,(H,24,25)(H,26,27)/t14-/m0/s1. The molecule has 150 valence electrons. The Balaban J connectivity index is 2.05. The van der Waals surface area contributed by atoms with Gasteiger partial charge in [0.05, 0.1) is 23.4 Å². The molecule has 28 heavy (non-hydrogen) atoms. The first-order chi connectivity index (χ1) is 13.0. The van der Waals surface area contributed by atoms with E-state index in [4.69, 9.17) is 16.7 Å². The molecule has 0 bridgehead atoms. The second-order valence-electron chi connectivity index (χ2n) is 6.22. The SMILES string of the molecule is O=C(O)C[C@H](Cc1ccc(C(F)(F)F)cc1)NC(=O)Cc1ccc(S)c(Cl)c1. The van der Waals surface area contributed by atoms with Crippen molar-refractivity contribution in [2.75, 3.05) is 0 Å². The summed E-state index contributed by atoms with van der Waals surface area (Å²) < 4.78 is 37.9. The Morgan fingerprint density at radius 3 is 2.25 bits per heavy atom. The molecule has 0 heterocycles. The van der Waals surface area contributed by atoms with Crippen molar-refractivity contribution < 1.29 is 27.9 Å². The zero-order valence-electron chi connectivity index (χ0n) is 14.5. The van der Waals surface area contributed by atoms with Gasteiger partial charge < -0.3 is 10.4 Å². The van der Waals surface area contributed by atoms with E-state index in [9.17, 15) is 22.8 Å². The van der Waals surface area contributed by atoms with Crippen molar-refractivity contribution in [2.24, 2.45) is 0 Å². The Bertz CT molecular complexity index is 856. The summed E-state index contributed by atoms with van der Waals surface area (Å²) in [5.74, 6) is -1.54. The van der Waals surface area contributed by atoms with Crippen LogP contribution in [0.15, 0.2) is 47.4 Å². The number of carboxylic acid groups (broad SMARTS) is 1. The molecule has 0 unspecified atom stereocenters. The van der Waals surface area contributed by atoms with Crippen LogP contribution in [0.4, 0.5) is 13.2 Å². The molecule has 2 N–H and O–H groups in total. The zero-order chi connectivity index (χ0) is 20.9. The summed E-state index contributed by atoms with van der Waals surface area (Å²) in [7, 11) is 0. The Morgan fingerprint density at radius 2 is 1.71 bits per heavy atom. The second kappa shape index (κ2) is 9.34. The summed E-state index contributed by atoms with van der Waals surface area (Å²) in [6, 6.07) is 8.55. The van der Waals surface area contributed by atoms with E-state index >= 15 is 0 Å². The number of alkyl halides is 3. The summed E-state index contributed by atoms with van der Waals surface area (Å²) in [6.45, 7) is 0. The van der Waals surface area contributed by atoms with Crippen LogP contribution in [-0.2, 0) is 28.6 Å². The lowest BCUT2D eigenvalue weighted by molar-refractivity contribution is -0.138. The molecule has 2 rings (SSSR count). The van der Waals surface area contributed by atoms with Gasteiger partial charge in [0.2, 0.25) is 5.91 Å². The number of carbonyl (C=O) groups excluding carboxylic acids is 1. The van der Waals surface area contributed by atoms with E-state index in [1.165, 1.54) is 12.1 Å². The number of thiol groups is 1. The zero-order valence-corrected chi connectivity index (χ0v) is 16.1. The molecule has 2 aromatic carbocycles. The predicted molar refractivity (Wildman–Crippen MR) is 102 cm³/mol. The minimum atomic E-state index is -4.45. The van der Waals surface area contributed by atoms with Crippen molar-refractivity contribution in [3.05, 3.63) is 64.2 Å². The molecule has 0 aromatic heterocycles. The first-order valence-corrected chi connectivity index (χ1v) is 9.02. The van der Waals surface area contributed by atoms with Crippen molar-refractivity contribution in [3.63, 3.8) is 0 Å². The quantitative estimate of drug-likeness (QED) is 0.569. The maximum atomic E-state index is 12.6. The van der Waals surface area contributed by atoms with Gasteiger partial charge in [-0.2, -0.15) is 13.2 Å². The Hall–Kier alpha value is -2.19. The number of hydrogen-bond donors (Lipinski definition) is 3. The molecule has 1 atom stereocenters. The number of hydrogen-bond acceptors (Lipinski definition) is 3. The third kappa shape index (κ3) is 6.76. The van der Waals surface area contributed by atoms with Crippen molar-refractivity contribution in [2.45, 2.75) is 36.4 Å². The van der Waals surface area contributed by atoms with Crippen LogP contribution in [-0.4, -0.2) is 23.0 Å². The van der Waals surface area contributed by atoms with Crippen LogP contribution in [0.2, 0.25) is 5.02 Å². The van der Waals surface area contributed by atoms with Crippen LogP contribution in [0.25, 0.3) is 0 Å². The number of benzene rings is 2. The molecular weight excluding hydrogens is 415 g/mol. The van der Waals surface area contributed by atoms with E-state index in [1.807, 2.05) is 0 Å². The van der Waals surface area contributed by atoms with Crippen LogP contribution in [0.3, 0.4) is 0 Å². The largest absolute Gasteiger partial charge is 0.481 e. The number of amides is 1. The predicted octanol–water partition coefficient (Wildman–Crippen LogP) is 4.39. The first kappa shape index (κ1) is 22.1. The molecule has 0 saturated heterocycles. The molecule has 0 spiro atoms.